The van der Waals surface area contributed by atoms with Crippen molar-refractivity contribution in [1.29, 1.82) is 0 Å². The number of pyridine rings is 1. The third-order valence-electron chi connectivity index (χ3n) is 2.42. The standard InChI is InChI=1S/C12H18F3N3O3S/c1-2-5-16-6-7-18-22(19,20)10-3-4-11(17-8-10)21-9-12(13,14)15/h3-4,8,16,18H,2,5-7,9H2,1H3. The lowest BCUT2D eigenvalue weighted by molar-refractivity contribution is -0.154. The molecule has 126 valence electrons. The van der Waals surface area contributed by atoms with E-state index in [0.717, 1.165) is 31.3 Å². The molecule has 0 bridgehead atoms. The Kier molecular flexibility index (Phi) is 7.04. The van der Waals surface area contributed by atoms with Crippen LogP contribution in [0, 0.1) is 0 Å². The van der Waals surface area contributed by atoms with E-state index in [1.807, 2.05) is 6.92 Å². The largest absolute Gasteiger partial charge is 0.468 e. The van der Waals surface area contributed by atoms with Crippen LogP contribution in [-0.2, 0) is 10.0 Å². The molecular weight excluding hydrogens is 323 g/mol. The van der Waals surface area contributed by atoms with Crippen LogP contribution in [0.25, 0.3) is 0 Å². The van der Waals surface area contributed by atoms with Crippen molar-refractivity contribution in [1.82, 2.24) is 15.0 Å². The Bertz CT molecular complexity index is 547. The quantitative estimate of drug-likeness (QED) is 0.662. The summed E-state index contributed by atoms with van der Waals surface area (Å²) in [6.45, 7) is 1.98. The Hall–Kier alpha value is -1.39. The van der Waals surface area contributed by atoms with Gasteiger partial charge in [0, 0.05) is 19.2 Å². The molecule has 0 aliphatic carbocycles. The summed E-state index contributed by atoms with van der Waals surface area (Å²) in [5.41, 5.74) is 0. The Morgan fingerprint density at radius 3 is 2.50 bits per heavy atom. The molecular formula is C12H18F3N3O3S. The van der Waals surface area contributed by atoms with E-state index in [0.29, 0.717) is 6.54 Å². The van der Waals surface area contributed by atoms with Crippen molar-refractivity contribution in [3.05, 3.63) is 18.3 Å². The zero-order valence-electron chi connectivity index (χ0n) is 12.0. The fourth-order valence-corrected chi connectivity index (χ4v) is 2.40. The molecule has 0 unspecified atom stereocenters. The summed E-state index contributed by atoms with van der Waals surface area (Å²) < 4.78 is 66.5. The molecule has 1 aromatic heterocycles. The molecule has 0 atom stereocenters. The number of sulfonamides is 1. The number of hydrogen-bond donors (Lipinski definition) is 2. The third kappa shape index (κ3) is 7.05. The molecule has 0 aliphatic heterocycles. The van der Waals surface area contributed by atoms with E-state index in [4.69, 9.17) is 0 Å². The molecule has 2 N–H and O–H groups in total. The number of rotatable bonds is 9. The summed E-state index contributed by atoms with van der Waals surface area (Å²) in [6.07, 6.45) is -2.58. The highest BCUT2D eigenvalue weighted by atomic mass is 32.2. The molecule has 0 saturated heterocycles. The van der Waals surface area contributed by atoms with E-state index in [9.17, 15) is 21.6 Å². The molecule has 6 nitrogen and oxygen atoms in total. The number of nitrogens with zero attached hydrogens (tertiary/aromatic N) is 1. The summed E-state index contributed by atoms with van der Waals surface area (Å²) in [7, 11) is -3.74. The van der Waals surface area contributed by atoms with Gasteiger partial charge in [0.1, 0.15) is 4.90 Å². The minimum Gasteiger partial charge on any atom is -0.468 e. The Labute approximate surface area is 127 Å². The molecule has 0 spiro atoms. The zero-order chi connectivity index (χ0) is 16.6. The highest BCUT2D eigenvalue weighted by molar-refractivity contribution is 7.89. The van der Waals surface area contributed by atoms with Crippen molar-refractivity contribution in [3.63, 3.8) is 0 Å². The van der Waals surface area contributed by atoms with E-state index in [1.165, 1.54) is 0 Å². The lowest BCUT2D eigenvalue weighted by atomic mass is 10.5. The molecule has 22 heavy (non-hydrogen) atoms. The maximum Gasteiger partial charge on any atom is 0.422 e. The Morgan fingerprint density at radius 1 is 1.23 bits per heavy atom. The van der Waals surface area contributed by atoms with Crippen molar-refractivity contribution in [2.24, 2.45) is 0 Å². The minimum atomic E-state index is -4.47. The van der Waals surface area contributed by atoms with Crippen molar-refractivity contribution < 1.29 is 26.3 Å². The fourth-order valence-electron chi connectivity index (χ4n) is 1.43. The SMILES string of the molecule is CCCNCCNS(=O)(=O)c1ccc(OCC(F)(F)F)nc1. The van der Waals surface area contributed by atoms with Crippen molar-refractivity contribution >= 4 is 10.0 Å². The Balaban J connectivity index is 2.53. The number of ether oxygens (including phenoxy) is 1. The van der Waals surface area contributed by atoms with Gasteiger partial charge in [-0.2, -0.15) is 13.2 Å². The van der Waals surface area contributed by atoms with Gasteiger partial charge in [0.05, 0.1) is 6.20 Å². The summed E-state index contributed by atoms with van der Waals surface area (Å²) in [5.74, 6) is -0.291. The van der Waals surface area contributed by atoms with Crippen LogP contribution in [-0.4, -0.2) is 45.8 Å². The van der Waals surface area contributed by atoms with Crippen LogP contribution < -0.4 is 14.8 Å². The average Bonchev–Trinajstić information content (AvgIpc) is 2.44. The maximum absolute atomic E-state index is 12.0. The number of aromatic nitrogens is 1. The van der Waals surface area contributed by atoms with Crippen molar-refractivity contribution in [2.45, 2.75) is 24.4 Å². The summed E-state index contributed by atoms with van der Waals surface area (Å²) in [6, 6.07) is 2.22. The molecule has 0 amide bonds. The number of halogens is 3. The summed E-state index contributed by atoms with van der Waals surface area (Å²) in [5, 5.41) is 3.03. The first kappa shape index (κ1) is 18.7. The molecule has 0 saturated carbocycles. The lowest BCUT2D eigenvalue weighted by Crippen LogP contribution is -2.32. The first-order valence-corrected chi connectivity index (χ1v) is 8.09. The molecule has 0 aliphatic rings. The summed E-state index contributed by atoms with van der Waals surface area (Å²) >= 11 is 0. The molecule has 1 rings (SSSR count). The van der Waals surface area contributed by atoms with E-state index >= 15 is 0 Å². The molecule has 1 aromatic rings. The third-order valence-corrected chi connectivity index (χ3v) is 3.87. The first-order valence-electron chi connectivity index (χ1n) is 6.60. The van der Waals surface area contributed by atoms with Crippen molar-refractivity contribution in [2.75, 3.05) is 26.2 Å². The van der Waals surface area contributed by atoms with Crippen LogP contribution in [0.4, 0.5) is 13.2 Å². The van der Waals surface area contributed by atoms with Gasteiger partial charge in [0.25, 0.3) is 0 Å². The van der Waals surface area contributed by atoms with E-state index in [2.05, 4.69) is 19.8 Å². The van der Waals surface area contributed by atoms with Crippen LogP contribution in [0.2, 0.25) is 0 Å². The second kappa shape index (κ2) is 8.30. The van der Waals surface area contributed by atoms with Crippen LogP contribution >= 0.6 is 0 Å². The fraction of sp³-hybridized carbons (Fsp3) is 0.583. The zero-order valence-corrected chi connectivity index (χ0v) is 12.8. The molecule has 10 heteroatoms. The van der Waals surface area contributed by atoms with E-state index in [-0.39, 0.29) is 17.3 Å². The van der Waals surface area contributed by atoms with Crippen LogP contribution in [0.1, 0.15) is 13.3 Å². The smallest absolute Gasteiger partial charge is 0.422 e. The number of hydrogen-bond acceptors (Lipinski definition) is 5. The molecule has 0 fully saturated rings. The number of alkyl halides is 3. The summed E-state index contributed by atoms with van der Waals surface area (Å²) in [4.78, 5) is 3.41. The van der Waals surface area contributed by atoms with Crippen LogP contribution in [0.15, 0.2) is 23.2 Å². The van der Waals surface area contributed by atoms with Gasteiger partial charge in [-0.1, -0.05) is 6.92 Å². The maximum atomic E-state index is 12.0. The van der Waals surface area contributed by atoms with Gasteiger partial charge in [-0.05, 0) is 19.0 Å². The normalized spacial score (nSPS) is 12.4. The van der Waals surface area contributed by atoms with Crippen LogP contribution in [0.5, 0.6) is 5.88 Å². The monoisotopic (exact) mass is 341 g/mol. The van der Waals surface area contributed by atoms with Crippen molar-refractivity contribution in [3.8, 4) is 5.88 Å². The van der Waals surface area contributed by atoms with Gasteiger partial charge in [0.15, 0.2) is 6.61 Å². The van der Waals surface area contributed by atoms with E-state index in [1.54, 1.807) is 0 Å². The molecule has 0 radical (unpaired) electrons. The van der Waals surface area contributed by atoms with Gasteiger partial charge < -0.3 is 10.1 Å². The lowest BCUT2D eigenvalue weighted by Gasteiger charge is -2.09. The van der Waals surface area contributed by atoms with Crippen LogP contribution in [0.3, 0.4) is 0 Å². The second-order valence-corrected chi connectivity index (χ2v) is 6.15. The molecule has 1 heterocycles. The second-order valence-electron chi connectivity index (χ2n) is 4.38. The highest BCUT2D eigenvalue weighted by Crippen LogP contribution is 2.17. The number of nitrogens with one attached hydrogen (secondary N) is 2. The Morgan fingerprint density at radius 2 is 1.95 bits per heavy atom. The van der Waals surface area contributed by atoms with Gasteiger partial charge in [0.2, 0.25) is 15.9 Å². The molecule has 0 aromatic carbocycles. The predicted molar refractivity (Wildman–Crippen MR) is 74.1 cm³/mol. The predicted octanol–water partition coefficient (Wildman–Crippen LogP) is 1.30. The topological polar surface area (TPSA) is 80.3 Å². The minimum absolute atomic E-state index is 0.137. The van der Waals surface area contributed by atoms with Gasteiger partial charge >= 0.3 is 6.18 Å². The van der Waals surface area contributed by atoms with E-state index < -0.39 is 22.8 Å². The highest BCUT2D eigenvalue weighted by Gasteiger charge is 2.28. The first-order chi connectivity index (χ1) is 10.2. The average molecular weight is 341 g/mol. The van der Waals surface area contributed by atoms with Gasteiger partial charge in [-0.25, -0.2) is 18.1 Å². The van der Waals surface area contributed by atoms with Gasteiger partial charge in [-0.15, -0.1) is 0 Å². The van der Waals surface area contributed by atoms with Gasteiger partial charge in [-0.3, -0.25) is 0 Å².